The molecule has 2 nitrogen and oxygen atoms in total. The molecule has 0 bridgehead atoms. The Morgan fingerprint density at radius 3 is 2.62 bits per heavy atom. The third-order valence-electron chi connectivity index (χ3n) is 4.37. The first-order chi connectivity index (χ1) is 9.88. The Bertz CT molecular complexity index is 569. The number of amidine groups is 1. The maximum Gasteiger partial charge on any atom is 0.161 e. The van der Waals surface area contributed by atoms with Crippen LogP contribution in [0.2, 0.25) is 0 Å². The van der Waals surface area contributed by atoms with Crippen molar-refractivity contribution in [2.24, 2.45) is 4.99 Å². The zero-order valence-corrected chi connectivity index (χ0v) is 16.0. The van der Waals surface area contributed by atoms with Gasteiger partial charge in [-0.3, -0.25) is 4.99 Å². The van der Waals surface area contributed by atoms with Crippen molar-refractivity contribution < 1.29 is 0 Å². The Balaban J connectivity index is 1.80. The Morgan fingerprint density at radius 1 is 1.24 bits per heavy atom. The lowest BCUT2D eigenvalue weighted by Gasteiger charge is -2.24. The molecule has 1 spiro atoms. The summed E-state index contributed by atoms with van der Waals surface area (Å²) in [4.78, 5) is 4.78. The van der Waals surface area contributed by atoms with Crippen LogP contribution in [0.3, 0.4) is 0 Å². The second-order valence-electron chi connectivity index (χ2n) is 7.18. The van der Waals surface area contributed by atoms with E-state index in [9.17, 15) is 0 Å². The highest BCUT2D eigenvalue weighted by Crippen LogP contribution is 2.46. The van der Waals surface area contributed by atoms with Crippen molar-refractivity contribution >= 4 is 45.2 Å². The molecule has 0 amide bonds. The molecule has 21 heavy (non-hydrogen) atoms. The molecule has 1 N–H and O–H groups in total. The molecule has 4 heteroatoms. The smallest absolute Gasteiger partial charge is 0.161 e. The maximum absolute atomic E-state index is 4.78. The van der Waals surface area contributed by atoms with Crippen LogP contribution in [0.1, 0.15) is 52.0 Å². The fourth-order valence-electron chi connectivity index (χ4n) is 3.19. The normalized spacial score (nSPS) is 20.9. The number of hydrogen-bond acceptors (Lipinski definition) is 3. The van der Waals surface area contributed by atoms with Crippen molar-refractivity contribution in [1.82, 2.24) is 0 Å². The van der Waals surface area contributed by atoms with Crippen molar-refractivity contribution in [2.75, 3.05) is 11.9 Å². The number of hydrogen-bond donors (Lipinski definition) is 1. The van der Waals surface area contributed by atoms with Crippen molar-refractivity contribution in [1.29, 1.82) is 0 Å². The van der Waals surface area contributed by atoms with E-state index in [1.165, 1.54) is 40.5 Å². The average Bonchev–Trinajstić information content (AvgIpc) is 3.02. The largest absolute Gasteiger partial charge is 0.335 e. The Kier molecular flexibility index (Phi) is 4.30. The molecule has 0 saturated heterocycles. The van der Waals surface area contributed by atoms with E-state index < -0.39 is 0 Å². The van der Waals surface area contributed by atoms with E-state index in [0.29, 0.717) is 4.75 Å². The highest BCUT2D eigenvalue weighted by Gasteiger charge is 2.39. The lowest BCUT2D eigenvalue weighted by molar-refractivity contribution is 0.592. The fourth-order valence-corrected chi connectivity index (χ4v) is 5.00. The first kappa shape index (κ1) is 15.7. The number of aliphatic imine (C=N–C) groups is 1. The van der Waals surface area contributed by atoms with E-state index in [4.69, 9.17) is 4.99 Å². The molecule has 0 radical (unpaired) electrons. The minimum absolute atomic E-state index is 0.137. The van der Waals surface area contributed by atoms with Crippen LogP contribution in [0.4, 0.5) is 5.69 Å². The third kappa shape index (κ3) is 3.41. The monoisotopic (exact) mass is 414 g/mol. The molecular formula is C17H23IN2S. The van der Waals surface area contributed by atoms with Gasteiger partial charge in [-0.1, -0.05) is 45.4 Å². The number of benzene rings is 1. The summed E-state index contributed by atoms with van der Waals surface area (Å²) < 4.78 is 1.70. The summed E-state index contributed by atoms with van der Waals surface area (Å²) in [5.74, 6) is 0. The molecule has 1 aliphatic heterocycles. The van der Waals surface area contributed by atoms with Gasteiger partial charge in [-0.05, 0) is 64.6 Å². The summed E-state index contributed by atoms with van der Waals surface area (Å²) >= 11 is 4.37. The Labute approximate surface area is 145 Å². The number of thioether (sulfide) groups is 1. The van der Waals surface area contributed by atoms with Gasteiger partial charge in [0.15, 0.2) is 5.17 Å². The van der Waals surface area contributed by atoms with Gasteiger partial charge in [0.25, 0.3) is 0 Å². The first-order valence-corrected chi connectivity index (χ1v) is 9.58. The molecule has 0 unspecified atom stereocenters. The molecule has 114 valence electrons. The molecule has 2 aliphatic rings. The highest BCUT2D eigenvalue weighted by molar-refractivity contribution is 14.1. The van der Waals surface area contributed by atoms with E-state index >= 15 is 0 Å². The van der Waals surface area contributed by atoms with Crippen LogP contribution in [-0.2, 0) is 5.41 Å². The molecular weight excluding hydrogens is 391 g/mol. The number of rotatable bonds is 1. The molecule has 1 fully saturated rings. The summed E-state index contributed by atoms with van der Waals surface area (Å²) in [7, 11) is 0. The Morgan fingerprint density at radius 2 is 1.95 bits per heavy atom. The highest BCUT2D eigenvalue weighted by atomic mass is 127. The Hall–Kier alpha value is -0.230. The summed E-state index contributed by atoms with van der Waals surface area (Å²) in [5, 5.41) is 4.72. The van der Waals surface area contributed by atoms with Gasteiger partial charge in [0.2, 0.25) is 0 Å². The van der Waals surface area contributed by atoms with Gasteiger partial charge in [0.1, 0.15) is 0 Å². The van der Waals surface area contributed by atoms with Gasteiger partial charge >= 0.3 is 0 Å². The summed E-state index contributed by atoms with van der Waals surface area (Å²) in [6.45, 7) is 7.80. The minimum atomic E-state index is 0.137. The molecule has 1 heterocycles. The minimum Gasteiger partial charge on any atom is -0.335 e. The van der Waals surface area contributed by atoms with Gasteiger partial charge in [0, 0.05) is 14.0 Å². The SMILES string of the molecule is CC(C)(C)c1cc(I)ccc1NC1=NCC2(CCCC2)S1. The third-order valence-corrected chi connectivity index (χ3v) is 6.44. The molecule has 1 saturated carbocycles. The van der Waals surface area contributed by atoms with Crippen molar-refractivity contribution in [3.8, 4) is 0 Å². The number of nitrogens with zero attached hydrogens (tertiary/aromatic N) is 1. The predicted octanol–water partition coefficient (Wildman–Crippen LogP) is 5.42. The second-order valence-corrected chi connectivity index (χ2v) is 9.88. The average molecular weight is 414 g/mol. The predicted molar refractivity (Wildman–Crippen MR) is 103 cm³/mol. The fraction of sp³-hybridized carbons (Fsp3) is 0.588. The number of nitrogens with one attached hydrogen (secondary N) is 1. The first-order valence-electron chi connectivity index (χ1n) is 7.69. The molecule has 3 rings (SSSR count). The van der Waals surface area contributed by atoms with Crippen molar-refractivity contribution in [3.63, 3.8) is 0 Å². The standard InChI is InChI=1S/C17H23IN2S/c1-16(2,3)13-10-12(18)6-7-14(13)20-15-19-11-17(21-15)8-4-5-9-17/h6-7,10H,4-5,8-9,11H2,1-3H3,(H,19,20). The maximum atomic E-state index is 4.78. The lowest BCUT2D eigenvalue weighted by Crippen LogP contribution is -2.22. The molecule has 0 atom stereocenters. The van der Waals surface area contributed by atoms with Crippen LogP contribution in [0.15, 0.2) is 23.2 Å². The van der Waals surface area contributed by atoms with E-state index in [0.717, 1.165) is 11.7 Å². The summed E-state index contributed by atoms with van der Waals surface area (Å²) in [6, 6.07) is 6.66. The van der Waals surface area contributed by atoms with Gasteiger partial charge in [-0.2, -0.15) is 0 Å². The second kappa shape index (κ2) is 5.76. The van der Waals surface area contributed by atoms with E-state index in [1.54, 1.807) is 0 Å². The van der Waals surface area contributed by atoms with Gasteiger partial charge < -0.3 is 5.32 Å². The molecule has 0 aromatic heterocycles. The van der Waals surface area contributed by atoms with Gasteiger partial charge in [-0.25, -0.2) is 0 Å². The van der Waals surface area contributed by atoms with Gasteiger partial charge in [-0.15, -0.1) is 0 Å². The van der Waals surface area contributed by atoms with Crippen LogP contribution in [0.25, 0.3) is 0 Å². The molecule has 1 aliphatic carbocycles. The zero-order chi connectivity index (χ0) is 15.1. The van der Waals surface area contributed by atoms with E-state index in [1.807, 2.05) is 11.8 Å². The van der Waals surface area contributed by atoms with E-state index in [-0.39, 0.29) is 5.41 Å². The molecule has 1 aromatic carbocycles. The van der Waals surface area contributed by atoms with E-state index in [2.05, 4.69) is 66.9 Å². The van der Waals surface area contributed by atoms with Crippen LogP contribution < -0.4 is 5.32 Å². The number of halogens is 1. The number of anilines is 1. The van der Waals surface area contributed by atoms with Crippen LogP contribution in [0, 0.1) is 3.57 Å². The van der Waals surface area contributed by atoms with Crippen molar-refractivity contribution in [3.05, 3.63) is 27.3 Å². The molecule has 1 aromatic rings. The topological polar surface area (TPSA) is 24.4 Å². The van der Waals surface area contributed by atoms with Crippen LogP contribution in [0.5, 0.6) is 0 Å². The van der Waals surface area contributed by atoms with Crippen LogP contribution >= 0.6 is 34.4 Å². The summed E-state index contributed by atoms with van der Waals surface area (Å²) in [5.41, 5.74) is 2.72. The van der Waals surface area contributed by atoms with Gasteiger partial charge in [0.05, 0.1) is 6.54 Å². The van der Waals surface area contributed by atoms with Crippen LogP contribution in [-0.4, -0.2) is 16.5 Å². The quantitative estimate of drug-likeness (QED) is 0.621. The zero-order valence-electron chi connectivity index (χ0n) is 13.0. The lowest BCUT2D eigenvalue weighted by atomic mass is 9.86. The van der Waals surface area contributed by atoms with Crippen molar-refractivity contribution in [2.45, 2.75) is 56.6 Å². The summed E-state index contributed by atoms with van der Waals surface area (Å²) in [6.07, 6.45) is 5.38.